The predicted molar refractivity (Wildman–Crippen MR) is 84.3 cm³/mol. The van der Waals surface area contributed by atoms with Gasteiger partial charge in [-0.25, -0.2) is 0 Å². The molecule has 0 saturated carbocycles. The first-order valence-corrected chi connectivity index (χ1v) is 7.02. The van der Waals surface area contributed by atoms with Crippen molar-refractivity contribution in [3.63, 3.8) is 0 Å². The van der Waals surface area contributed by atoms with Crippen molar-refractivity contribution in [1.29, 1.82) is 0 Å². The number of nitrogens with two attached hydrogens (primary N) is 1. The highest BCUT2D eigenvalue weighted by atomic mass is 16.5. The largest absolute Gasteiger partial charge is 0.494 e. The topological polar surface area (TPSA) is 64.3 Å². The van der Waals surface area contributed by atoms with Crippen molar-refractivity contribution in [2.24, 2.45) is 5.73 Å². The molecule has 0 unspecified atom stereocenters. The average molecular weight is 284 g/mol. The Kier molecular flexibility index (Phi) is 5.35. The lowest BCUT2D eigenvalue weighted by Gasteiger charge is -2.10. The Morgan fingerprint density at radius 2 is 1.90 bits per heavy atom. The zero-order chi connectivity index (χ0) is 15.1. The molecule has 0 aliphatic heterocycles. The number of anilines is 1. The van der Waals surface area contributed by atoms with E-state index in [-0.39, 0.29) is 5.91 Å². The van der Waals surface area contributed by atoms with E-state index in [2.05, 4.69) is 5.32 Å². The van der Waals surface area contributed by atoms with Gasteiger partial charge < -0.3 is 15.8 Å². The van der Waals surface area contributed by atoms with Crippen molar-refractivity contribution in [2.75, 3.05) is 11.9 Å². The number of hydrogen-bond acceptors (Lipinski definition) is 3. The Morgan fingerprint density at radius 1 is 1.14 bits per heavy atom. The number of carbonyl (C=O) groups is 1. The van der Waals surface area contributed by atoms with Gasteiger partial charge >= 0.3 is 0 Å². The van der Waals surface area contributed by atoms with Gasteiger partial charge in [-0.05, 0) is 30.2 Å². The molecule has 21 heavy (non-hydrogen) atoms. The molecule has 0 spiro atoms. The fourth-order valence-electron chi connectivity index (χ4n) is 2.14. The molecule has 0 fully saturated rings. The van der Waals surface area contributed by atoms with Crippen LogP contribution in [0.1, 0.15) is 18.1 Å². The monoisotopic (exact) mass is 284 g/mol. The summed E-state index contributed by atoms with van der Waals surface area (Å²) < 4.78 is 5.42. The van der Waals surface area contributed by atoms with Crippen LogP contribution >= 0.6 is 0 Å². The number of rotatable bonds is 6. The summed E-state index contributed by atoms with van der Waals surface area (Å²) in [5.74, 6) is 0.683. The molecule has 110 valence electrons. The SMILES string of the molecule is CCOc1cccc(NC(=O)Cc2ccccc2CN)c1. The second-order valence-corrected chi connectivity index (χ2v) is 4.66. The third kappa shape index (κ3) is 4.33. The van der Waals surface area contributed by atoms with Crippen LogP contribution in [-0.2, 0) is 17.8 Å². The fraction of sp³-hybridized carbons (Fsp3) is 0.235. The van der Waals surface area contributed by atoms with Crippen LogP contribution in [-0.4, -0.2) is 12.5 Å². The number of benzene rings is 2. The number of carbonyl (C=O) groups excluding carboxylic acids is 1. The minimum Gasteiger partial charge on any atom is -0.494 e. The summed E-state index contributed by atoms with van der Waals surface area (Å²) in [6.45, 7) is 2.96. The Morgan fingerprint density at radius 3 is 2.62 bits per heavy atom. The lowest BCUT2D eigenvalue weighted by Crippen LogP contribution is -2.16. The van der Waals surface area contributed by atoms with Crippen LogP contribution < -0.4 is 15.8 Å². The summed E-state index contributed by atoms with van der Waals surface area (Å²) in [7, 11) is 0. The molecule has 0 heterocycles. The highest BCUT2D eigenvalue weighted by Crippen LogP contribution is 2.18. The molecule has 4 nitrogen and oxygen atoms in total. The van der Waals surface area contributed by atoms with E-state index in [4.69, 9.17) is 10.5 Å². The van der Waals surface area contributed by atoms with Crippen LogP contribution in [0.3, 0.4) is 0 Å². The lowest BCUT2D eigenvalue weighted by molar-refractivity contribution is -0.115. The summed E-state index contributed by atoms with van der Waals surface area (Å²) in [4.78, 5) is 12.1. The molecular weight excluding hydrogens is 264 g/mol. The molecule has 0 aliphatic carbocycles. The van der Waals surface area contributed by atoms with Crippen LogP contribution in [0.5, 0.6) is 5.75 Å². The highest BCUT2D eigenvalue weighted by Gasteiger charge is 2.07. The van der Waals surface area contributed by atoms with Gasteiger partial charge in [0.1, 0.15) is 5.75 Å². The second kappa shape index (κ2) is 7.45. The zero-order valence-electron chi connectivity index (χ0n) is 12.1. The van der Waals surface area contributed by atoms with E-state index in [0.29, 0.717) is 19.6 Å². The summed E-state index contributed by atoms with van der Waals surface area (Å²) in [5, 5.41) is 2.88. The van der Waals surface area contributed by atoms with Gasteiger partial charge in [0.2, 0.25) is 5.91 Å². The van der Waals surface area contributed by atoms with Crippen molar-refractivity contribution >= 4 is 11.6 Å². The standard InChI is InChI=1S/C17H20N2O2/c1-2-21-16-9-5-8-15(11-16)19-17(20)10-13-6-3-4-7-14(13)12-18/h3-9,11H,2,10,12,18H2,1H3,(H,19,20). The minimum absolute atomic E-state index is 0.0652. The maximum absolute atomic E-state index is 12.1. The molecule has 2 aromatic carbocycles. The molecule has 0 aliphatic rings. The lowest BCUT2D eigenvalue weighted by atomic mass is 10.0. The maximum atomic E-state index is 12.1. The molecular formula is C17H20N2O2. The van der Waals surface area contributed by atoms with Crippen molar-refractivity contribution < 1.29 is 9.53 Å². The first-order chi connectivity index (χ1) is 10.2. The fourth-order valence-corrected chi connectivity index (χ4v) is 2.14. The Bertz CT molecular complexity index is 611. The van der Waals surface area contributed by atoms with E-state index >= 15 is 0 Å². The maximum Gasteiger partial charge on any atom is 0.228 e. The van der Waals surface area contributed by atoms with E-state index in [0.717, 1.165) is 22.6 Å². The summed E-state index contributed by atoms with van der Waals surface area (Å²) >= 11 is 0. The van der Waals surface area contributed by atoms with Gasteiger partial charge in [-0.1, -0.05) is 30.3 Å². The molecule has 0 aromatic heterocycles. The number of nitrogens with one attached hydrogen (secondary N) is 1. The third-order valence-electron chi connectivity index (χ3n) is 3.12. The molecule has 0 atom stereocenters. The molecule has 2 aromatic rings. The van der Waals surface area contributed by atoms with Crippen LogP contribution in [0, 0.1) is 0 Å². The van der Waals surface area contributed by atoms with E-state index in [1.54, 1.807) is 0 Å². The van der Waals surface area contributed by atoms with Gasteiger partial charge in [-0.3, -0.25) is 4.79 Å². The smallest absolute Gasteiger partial charge is 0.228 e. The number of amides is 1. The van der Waals surface area contributed by atoms with Crippen molar-refractivity contribution in [2.45, 2.75) is 19.9 Å². The van der Waals surface area contributed by atoms with Crippen molar-refractivity contribution in [3.8, 4) is 5.75 Å². The number of hydrogen-bond donors (Lipinski definition) is 2. The van der Waals surface area contributed by atoms with E-state index < -0.39 is 0 Å². The first kappa shape index (κ1) is 15.1. The van der Waals surface area contributed by atoms with Gasteiger partial charge in [-0.2, -0.15) is 0 Å². The number of ether oxygens (including phenoxy) is 1. The third-order valence-corrected chi connectivity index (χ3v) is 3.12. The normalized spacial score (nSPS) is 10.2. The molecule has 0 bridgehead atoms. The molecule has 0 radical (unpaired) electrons. The molecule has 1 amide bonds. The van der Waals surface area contributed by atoms with Crippen molar-refractivity contribution in [1.82, 2.24) is 0 Å². The Balaban J connectivity index is 2.03. The van der Waals surface area contributed by atoms with Crippen LogP contribution in [0.15, 0.2) is 48.5 Å². The van der Waals surface area contributed by atoms with Crippen molar-refractivity contribution in [3.05, 3.63) is 59.7 Å². The summed E-state index contributed by atoms with van der Waals surface area (Å²) in [6.07, 6.45) is 0.312. The summed E-state index contributed by atoms with van der Waals surface area (Å²) in [6, 6.07) is 15.1. The van der Waals surface area contributed by atoms with Gasteiger partial charge in [0.25, 0.3) is 0 Å². The van der Waals surface area contributed by atoms with Gasteiger partial charge in [0.05, 0.1) is 13.0 Å². The van der Waals surface area contributed by atoms with E-state index in [1.807, 2.05) is 55.5 Å². The Labute approximate surface area is 124 Å². The van der Waals surface area contributed by atoms with Crippen LogP contribution in [0.25, 0.3) is 0 Å². The van der Waals surface area contributed by atoms with Gasteiger partial charge in [0, 0.05) is 18.3 Å². The Hall–Kier alpha value is -2.33. The average Bonchev–Trinajstić information content (AvgIpc) is 2.48. The van der Waals surface area contributed by atoms with E-state index in [9.17, 15) is 4.79 Å². The second-order valence-electron chi connectivity index (χ2n) is 4.66. The molecule has 0 saturated heterocycles. The first-order valence-electron chi connectivity index (χ1n) is 7.02. The van der Waals surface area contributed by atoms with Crippen LogP contribution in [0.4, 0.5) is 5.69 Å². The predicted octanol–water partition coefficient (Wildman–Crippen LogP) is 2.73. The van der Waals surface area contributed by atoms with E-state index in [1.165, 1.54) is 0 Å². The molecule has 3 N–H and O–H groups in total. The minimum atomic E-state index is -0.0652. The molecule has 4 heteroatoms. The van der Waals surface area contributed by atoms with Gasteiger partial charge in [-0.15, -0.1) is 0 Å². The summed E-state index contributed by atoms with van der Waals surface area (Å²) in [5.41, 5.74) is 8.37. The quantitative estimate of drug-likeness (QED) is 0.857. The zero-order valence-corrected chi connectivity index (χ0v) is 12.1. The van der Waals surface area contributed by atoms with Crippen LogP contribution in [0.2, 0.25) is 0 Å². The van der Waals surface area contributed by atoms with Gasteiger partial charge in [0.15, 0.2) is 0 Å². The molecule has 2 rings (SSSR count). The highest BCUT2D eigenvalue weighted by molar-refractivity contribution is 5.92.